The van der Waals surface area contributed by atoms with Gasteiger partial charge in [-0.1, -0.05) is 55.8 Å². The van der Waals surface area contributed by atoms with Gasteiger partial charge in [0.1, 0.15) is 5.82 Å². The fourth-order valence-electron chi connectivity index (χ4n) is 5.63. The molecule has 0 spiro atoms. The van der Waals surface area contributed by atoms with E-state index in [0.29, 0.717) is 36.1 Å². The number of hydrogen-bond donors (Lipinski definition) is 0. The van der Waals surface area contributed by atoms with Gasteiger partial charge >= 0.3 is 5.69 Å². The number of aryl methyl sites for hydroxylation is 1. The minimum Gasteiger partial charge on any atom is -0.350 e. The molecule has 1 fully saturated rings. The highest BCUT2D eigenvalue weighted by atomic mass is 35.5. The molecule has 8 heteroatoms. The smallest absolute Gasteiger partial charge is 0.350 e. The van der Waals surface area contributed by atoms with E-state index in [1.165, 1.54) is 6.08 Å². The molecule has 2 aromatic heterocycles. The van der Waals surface area contributed by atoms with E-state index in [9.17, 15) is 9.59 Å². The van der Waals surface area contributed by atoms with Crippen molar-refractivity contribution < 1.29 is 4.79 Å². The maximum Gasteiger partial charge on any atom is 0.355 e. The molecular formula is C30H34ClN5O2. The van der Waals surface area contributed by atoms with E-state index in [0.717, 1.165) is 66.4 Å². The van der Waals surface area contributed by atoms with Gasteiger partial charge in [-0.25, -0.2) is 14.3 Å². The topological polar surface area (TPSA) is 71.3 Å². The van der Waals surface area contributed by atoms with Crippen LogP contribution in [0, 0.1) is 0 Å². The van der Waals surface area contributed by atoms with Gasteiger partial charge in [-0.3, -0.25) is 4.79 Å². The number of hydrogen-bond acceptors (Lipinski definition) is 5. The highest BCUT2D eigenvalue weighted by molar-refractivity contribution is 6.33. The second kappa shape index (κ2) is 11.1. The van der Waals surface area contributed by atoms with E-state index < -0.39 is 0 Å². The maximum absolute atomic E-state index is 13.8. The Balaban J connectivity index is 1.73. The predicted octanol–water partition coefficient (Wildman–Crippen LogP) is 5.57. The molecule has 1 saturated heterocycles. The highest BCUT2D eigenvalue weighted by Crippen LogP contribution is 2.35. The first-order chi connectivity index (χ1) is 18.4. The molecule has 198 valence electrons. The molecule has 3 aromatic rings. The standard InChI is InChI=1S/C30H34ClN5O2/c1-4-11-21-12-9-10-15-25(21)36-29-23(18-24(31)27(32-29)22-13-7-6-8-14-22)28(33-30(36)38)35-17-16-34(19-20(35)3)26(37)5-2/h5,9-10,12-13,15,18,20H,2,4,6-8,11,14,16-17,19H2,1,3H3/t20-/m0/s1. The molecule has 1 atom stereocenters. The molecule has 1 aromatic carbocycles. The van der Waals surface area contributed by atoms with Gasteiger partial charge < -0.3 is 9.80 Å². The van der Waals surface area contributed by atoms with Gasteiger partial charge in [-0.15, -0.1) is 0 Å². The Morgan fingerprint density at radius 3 is 2.74 bits per heavy atom. The SMILES string of the molecule is C=CC(=O)N1CCN(c2nc(=O)n(-c3ccccc3CCC)c3nc(C4=CCCCC4)c(Cl)cc23)[C@@H](C)C1. The predicted molar refractivity (Wildman–Crippen MR) is 154 cm³/mol. The Morgan fingerprint density at radius 1 is 1.21 bits per heavy atom. The average Bonchev–Trinajstić information content (AvgIpc) is 2.93. The number of nitrogens with zero attached hydrogens (tertiary/aromatic N) is 5. The second-order valence-electron chi connectivity index (χ2n) is 10.1. The number of para-hydroxylation sites is 1. The van der Waals surface area contributed by atoms with Crippen molar-refractivity contribution in [2.45, 2.75) is 58.4 Å². The van der Waals surface area contributed by atoms with Gasteiger partial charge in [0, 0.05) is 25.7 Å². The third-order valence-electron chi connectivity index (χ3n) is 7.53. The number of benzene rings is 1. The molecule has 5 rings (SSSR count). The molecule has 1 aliphatic carbocycles. The van der Waals surface area contributed by atoms with Crippen LogP contribution in [0.3, 0.4) is 0 Å². The summed E-state index contributed by atoms with van der Waals surface area (Å²) in [6.07, 6.45) is 9.54. The Kier molecular flexibility index (Phi) is 7.65. The fraction of sp³-hybridized carbons (Fsp3) is 0.400. The molecular weight excluding hydrogens is 498 g/mol. The number of piperazine rings is 1. The summed E-state index contributed by atoms with van der Waals surface area (Å²) in [5, 5.41) is 1.30. The third kappa shape index (κ3) is 4.87. The van der Waals surface area contributed by atoms with Crippen molar-refractivity contribution in [1.82, 2.24) is 19.4 Å². The monoisotopic (exact) mass is 531 g/mol. The molecule has 2 aliphatic rings. The van der Waals surface area contributed by atoms with Gasteiger partial charge in [0.15, 0.2) is 5.65 Å². The number of fused-ring (bicyclic) bond motifs is 1. The molecule has 38 heavy (non-hydrogen) atoms. The number of anilines is 1. The van der Waals surface area contributed by atoms with Crippen LogP contribution in [0.5, 0.6) is 0 Å². The van der Waals surface area contributed by atoms with Crippen LogP contribution < -0.4 is 10.6 Å². The van der Waals surface area contributed by atoms with Crippen molar-refractivity contribution in [3.63, 3.8) is 0 Å². The van der Waals surface area contributed by atoms with Crippen LogP contribution in [0.4, 0.5) is 5.82 Å². The number of aromatic nitrogens is 3. The zero-order chi connectivity index (χ0) is 26.8. The first-order valence-corrected chi connectivity index (χ1v) is 13.9. The molecule has 7 nitrogen and oxygen atoms in total. The number of pyridine rings is 1. The van der Waals surface area contributed by atoms with Crippen LogP contribution in [-0.4, -0.2) is 51.0 Å². The molecule has 0 saturated carbocycles. The quantitative estimate of drug-likeness (QED) is 0.389. The molecule has 1 amide bonds. The summed E-state index contributed by atoms with van der Waals surface area (Å²) in [6.45, 7) is 9.36. The first-order valence-electron chi connectivity index (χ1n) is 13.5. The van der Waals surface area contributed by atoms with Crippen molar-refractivity contribution in [2.24, 2.45) is 0 Å². The van der Waals surface area contributed by atoms with E-state index >= 15 is 0 Å². The summed E-state index contributed by atoms with van der Waals surface area (Å²) >= 11 is 6.89. The lowest BCUT2D eigenvalue weighted by Crippen LogP contribution is -2.54. The number of carbonyl (C=O) groups is 1. The number of amides is 1. The Labute approximate surface area is 228 Å². The third-order valence-corrected chi connectivity index (χ3v) is 7.82. The van der Waals surface area contributed by atoms with E-state index in [1.807, 2.05) is 31.2 Å². The van der Waals surface area contributed by atoms with Gasteiger partial charge in [-0.05, 0) is 68.4 Å². The largest absolute Gasteiger partial charge is 0.355 e. The Morgan fingerprint density at radius 2 is 2.03 bits per heavy atom. The Bertz CT molecular complexity index is 1480. The van der Waals surface area contributed by atoms with Crippen molar-refractivity contribution in [1.29, 1.82) is 0 Å². The van der Waals surface area contributed by atoms with Crippen LogP contribution >= 0.6 is 11.6 Å². The number of allylic oxidation sites excluding steroid dienone is 2. The summed E-state index contributed by atoms with van der Waals surface area (Å²) in [5.41, 5.74) is 3.95. The van der Waals surface area contributed by atoms with E-state index in [-0.39, 0.29) is 17.6 Å². The van der Waals surface area contributed by atoms with E-state index in [2.05, 4.69) is 35.5 Å². The van der Waals surface area contributed by atoms with Crippen LogP contribution in [-0.2, 0) is 11.2 Å². The first kappa shape index (κ1) is 26.2. The van der Waals surface area contributed by atoms with Crippen molar-refractivity contribution in [3.8, 4) is 5.69 Å². The maximum atomic E-state index is 13.8. The highest BCUT2D eigenvalue weighted by Gasteiger charge is 2.30. The zero-order valence-corrected chi connectivity index (χ0v) is 22.9. The van der Waals surface area contributed by atoms with Gasteiger partial charge in [0.2, 0.25) is 5.91 Å². The van der Waals surface area contributed by atoms with Crippen LogP contribution in [0.1, 0.15) is 57.2 Å². The molecule has 1 aliphatic heterocycles. The lowest BCUT2D eigenvalue weighted by molar-refractivity contribution is -0.126. The van der Waals surface area contributed by atoms with E-state index in [1.54, 1.807) is 9.47 Å². The van der Waals surface area contributed by atoms with Gasteiger partial charge in [0.25, 0.3) is 0 Å². The van der Waals surface area contributed by atoms with Crippen LogP contribution in [0.15, 0.2) is 53.9 Å². The van der Waals surface area contributed by atoms with Crippen LogP contribution in [0.2, 0.25) is 5.02 Å². The summed E-state index contributed by atoms with van der Waals surface area (Å²) in [6, 6.07) is 9.83. The van der Waals surface area contributed by atoms with Crippen molar-refractivity contribution in [2.75, 3.05) is 24.5 Å². The lowest BCUT2D eigenvalue weighted by atomic mass is 9.96. The van der Waals surface area contributed by atoms with Crippen molar-refractivity contribution >= 4 is 39.9 Å². The Hall–Kier alpha value is -3.45. The molecule has 0 bridgehead atoms. The van der Waals surface area contributed by atoms with Gasteiger partial charge in [0.05, 0.1) is 21.8 Å². The second-order valence-corrected chi connectivity index (χ2v) is 10.5. The summed E-state index contributed by atoms with van der Waals surface area (Å²) in [5.74, 6) is 0.471. The van der Waals surface area contributed by atoms with Gasteiger partial charge in [-0.2, -0.15) is 4.98 Å². The average molecular weight is 532 g/mol. The normalized spacial score (nSPS) is 18.0. The zero-order valence-electron chi connectivity index (χ0n) is 22.1. The summed E-state index contributed by atoms with van der Waals surface area (Å²) < 4.78 is 1.65. The fourth-order valence-corrected chi connectivity index (χ4v) is 5.90. The van der Waals surface area contributed by atoms with Crippen LogP contribution in [0.25, 0.3) is 22.3 Å². The molecule has 0 unspecified atom stereocenters. The lowest BCUT2D eigenvalue weighted by Gasteiger charge is -2.40. The minimum absolute atomic E-state index is 0.0505. The summed E-state index contributed by atoms with van der Waals surface area (Å²) in [4.78, 5) is 39.6. The van der Waals surface area contributed by atoms with Crippen molar-refractivity contribution in [3.05, 3.63) is 75.8 Å². The number of carbonyl (C=O) groups excluding carboxylic acids is 1. The number of halogens is 1. The molecule has 3 heterocycles. The molecule has 0 radical (unpaired) electrons. The molecule has 0 N–H and O–H groups in total. The summed E-state index contributed by atoms with van der Waals surface area (Å²) in [7, 11) is 0. The minimum atomic E-state index is -0.369. The number of rotatable bonds is 6. The van der Waals surface area contributed by atoms with E-state index in [4.69, 9.17) is 16.6 Å².